The highest BCUT2D eigenvalue weighted by molar-refractivity contribution is 5.73. The number of nitrogens with two attached hydrogens (primary N) is 1. The van der Waals surface area contributed by atoms with Gasteiger partial charge in [-0.2, -0.15) is 29.3 Å². The molecule has 1 aliphatic rings. The molecule has 2 aromatic carbocycles. The molecule has 0 radical (unpaired) electrons. The third-order valence-corrected chi connectivity index (χ3v) is 5.15. The lowest BCUT2D eigenvalue weighted by Crippen LogP contribution is -2.53. The highest BCUT2D eigenvalue weighted by Crippen LogP contribution is 2.47. The minimum Gasteiger partial charge on any atom is -0.461 e. The maximum absolute atomic E-state index is 15.0. The lowest BCUT2D eigenvalue weighted by Gasteiger charge is -2.36. The maximum Gasteiger partial charge on any atom is 0.309 e. The molecule has 1 atom stereocenters. The minimum absolute atomic E-state index is 0.00631. The Morgan fingerprint density at radius 3 is 2.37 bits per heavy atom. The molecule has 0 aliphatic heterocycles. The Hall–Kier alpha value is -4.64. The van der Waals surface area contributed by atoms with Crippen molar-refractivity contribution in [3.8, 4) is 18.0 Å². The molecule has 1 unspecified atom stereocenters. The summed E-state index contributed by atoms with van der Waals surface area (Å²) >= 11 is 0. The fraction of sp³-hybridized carbons (Fsp3) is 0.167. The van der Waals surface area contributed by atoms with E-state index in [1.807, 2.05) is 12.1 Å². The highest BCUT2D eigenvalue weighted by atomic mass is 19.3. The molecule has 1 aromatic heterocycles. The van der Waals surface area contributed by atoms with E-state index < -0.39 is 30.2 Å². The summed E-state index contributed by atoms with van der Waals surface area (Å²) in [6.07, 6.45) is -3.54. The van der Waals surface area contributed by atoms with Crippen LogP contribution in [-0.2, 0) is 0 Å². The Bertz CT molecular complexity index is 1380. The number of hydrogen-bond acceptors (Lipinski definition) is 7. The first kappa shape index (κ1) is 23.5. The van der Waals surface area contributed by atoms with Gasteiger partial charge in [0.25, 0.3) is 5.92 Å². The SMILES string of the molecule is N#Cc1ccc(Nc2nc(N)cc(OC3C(F)(F)C=C(c4ccccc4C#N)CC3(F)F)n2)cc1. The van der Waals surface area contributed by atoms with Crippen LogP contribution in [0.5, 0.6) is 5.88 Å². The molecule has 3 aromatic rings. The van der Waals surface area contributed by atoms with Gasteiger partial charge in [0.15, 0.2) is 0 Å². The number of nitrogens with one attached hydrogen (secondary N) is 1. The number of benzene rings is 2. The molecular formula is C24H16F4N6O. The van der Waals surface area contributed by atoms with Crippen molar-refractivity contribution in [1.29, 1.82) is 10.5 Å². The van der Waals surface area contributed by atoms with Crippen LogP contribution in [0.25, 0.3) is 5.57 Å². The normalized spacial score (nSPS) is 18.0. The van der Waals surface area contributed by atoms with Crippen molar-refractivity contribution in [2.45, 2.75) is 24.4 Å². The summed E-state index contributed by atoms with van der Waals surface area (Å²) in [5.41, 5.74) is 6.20. The molecule has 0 saturated heterocycles. The average Bonchev–Trinajstić information content (AvgIpc) is 2.81. The van der Waals surface area contributed by atoms with Crippen LogP contribution in [0.2, 0.25) is 0 Å². The van der Waals surface area contributed by atoms with E-state index in [2.05, 4.69) is 15.3 Å². The maximum atomic E-state index is 15.0. The third-order valence-electron chi connectivity index (χ3n) is 5.15. The number of nitriles is 2. The van der Waals surface area contributed by atoms with Gasteiger partial charge in [0.1, 0.15) is 5.82 Å². The summed E-state index contributed by atoms with van der Waals surface area (Å²) in [4.78, 5) is 7.78. The molecule has 7 nitrogen and oxygen atoms in total. The van der Waals surface area contributed by atoms with Crippen LogP contribution >= 0.6 is 0 Å². The fourth-order valence-electron chi connectivity index (χ4n) is 3.62. The number of hydrogen-bond donors (Lipinski definition) is 2. The van der Waals surface area contributed by atoms with E-state index in [0.717, 1.165) is 6.07 Å². The van der Waals surface area contributed by atoms with Gasteiger partial charge in [0.05, 0.1) is 23.3 Å². The number of nitrogen functional groups attached to an aromatic ring is 1. The molecule has 1 aliphatic carbocycles. The molecule has 4 rings (SSSR count). The Morgan fingerprint density at radius 2 is 1.71 bits per heavy atom. The molecule has 11 heteroatoms. The molecule has 1 heterocycles. The summed E-state index contributed by atoms with van der Waals surface area (Å²) < 4.78 is 64.9. The van der Waals surface area contributed by atoms with Crippen molar-refractivity contribution in [3.63, 3.8) is 0 Å². The summed E-state index contributed by atoms with van der Waals surface area (Å²) in [7, 11) is 0. The molecular weight excluding hydrogens is 464 g/mol. The van der Waals surface area contributed by atoms with Crippen LogP contribution in [0.15, 0.2) is 60.7 Å². The zero-order valence-corrected chi connectivity index (χ0v) is 17.8. The number of anilines is 3. The smallest absolute Gasteiger partial charge is 0.309 e. The van der Waals surface area contributed by atoms with Crippen molar-refractivity contribution in [2.24, 2.45) is 0 Å². The molecule has 0 spiro atoms. The second-order valence-corrected chi connectivity index (χ2v) is 7.71. The molecule has 0 bridgehead atoms. The number of alkyl halides is 4. The Balaban J connectivity index is 1.62. The predicted molar refractivity (Wildman–Crippen MR) is 119 cm³/mol. The molecule has 35 heavy (non-hydrogen) atoms. The summed E-state index contributed by atoms with van der Waals surface area (Å²) in [6.45, 7) is 0. The van der Waals surface area contributed by atoms with Crippen LogP contribution in [0.1, 0.15) is 23.1 Å². The number of allylic oxidation sites excluding steroid dienone is 1. The summed E-state index contributed by atoms with van der Waals surface area (Å²) in [5.74, 6) is -9.05. The fourth-order valence-corrected chi connectivity index (χ4v) is 3.62. The van der Waals surface area contributed by atoms with Crippen molar-refractivity contribution >= 4 is 23.0 Å². The number of aromatic nitrogens is 2. The van der Waals surface area contributed by atoms with Crippen molar-refractivity contribution in [1.82, 2.24) is 9.97 Å². The van der Waals surface area contributed by atoms with Crippen LogP contribution in [0.4, 0.5) is 35.0 Å². The van der Waals surface area contributed by atoms with Crippen LogP contribution in [0, 0.1) is 22.7 Å². The van der Waals surface area contributed by atoms with Gasteiger partial charge in [-0.25, -0.2) is 8.78 Å². The van der Waals surface area contributed by atoms with E-state index in [0.29, 0.717) is 17.3 Å². The Labute approximate surface area is 197 Å². The number of ether oxygens (including phenoxy) is 1. The van der Waals surface area contributed by atoms with E-state index >= 15 is 0 Å². The van der Waals surface area contributed by atoms with E-state index in [-0.39, 0.29) is 28.5 Å². The number of nitrogens with zero attached hydrogens (tertiary/aromatic N) is 4. The van der Waals surface area contributed by atoms with E-state index in [4.69, 9.17) is 15.7 Å². The van der Waals surface area contributed by atoms with Gasteiger partial charge >= 0.3 is 5.92 Å². The van der Waals surface area contributed by atoms with Gasteiger partial charge < -0.3 is 15.8 Å². The topological polar surface area (TPSA) is 121 Å². The van der Waals surface area contributed by atoms with E-state index in [1.165, 1.54) is 36.4 Å². The van der Waals surface area contributed by atoms with Gasteiger partial charge in [0.2, 0.25) is 17.9 Å². The van der Waals surface area contributed by atoms with Crippen LogP contribution in [-0.4, -0.2) is 27.9 Å². The van der Waals surface area contributed by atoms with Gasteiger partial charge in [0, 0.05) is 18.2 Å². The highest BCUT2D eigenvalue weighted by Gasteiger charge is 2.59. The van der Waals surface area contributed by atoms with Gasteiger partial charge in [-0.15, -0.1) is 0 Å². The summed E-state index contributed by atoms with van der Waals surface area (Å²) in [5, 5.41) is 20.8. The summed E-state index contributed by atoms with van der Waals surface area (Å²) in [6, 6.07) is 16.5. The first-order valence-corrected chi connectivity index (χ1v) is 10.2. The van der Waals surface area contributed by atoms with Crippen LogP contribution in [0.3, 0.4) is 0 Å². The molecule has 0 saturated carbocycles. The second kappa shape index (κ2) is 8.95. The zero-order chi connectivity index (χ0) is 25.2. The number of halogens is 4. The molecule has 0 amide bonds. The van der Waals surface area contributed by atoms with E-state index in [1.54, 1.807) is 12.1 Å². The number of rotatable bonds is 5. The first-order valence-electron chi connectivity index (χ1n) is 10.2. The van der Waals surface area contributed by atoms with Crippen LogP contribution < -0.4 is 15.8 Å². The molecule has 176 valence electrons. The first-order chi connectivity index (χ1) is 16.6. The largest absolute Gasteiger partial charge is 0.461 e. The zero-order valence-electron chi connectivity index (χ0n) is 17.8. The Kier molecular flexibility index (Phi) is 6.01. The van der Waals surface area contributed by atoms with Crippen molar-refractivity contribution < 1.29 is 22.3 Å². The Morgan fingerprint density at radius 1 is 1.00 bits per heavy atom. The van der Waals surface area contributed by atoms with Gasteiger partial charge in [-0.1, -0.05) is 18.2 Å². The van der Waals surface area contributed by atoms with Gasteiger partial charge in [-0.3, -0.25) is 0 Å². The van der Waals surface area contributed by atoms with Crippen molar-refractivity contribution in [3.05, 3.63) is 77.4 Å². The lowest BCUT2D eigenvalue weighted by atomic mass is 9.85. The molecule has 0 fully saturated rings. The van der Waals surface area contributed by atoms with Gasteiger partial charge in [-0.05, 0) is 47.5 Å². The predicted octanol–water partition coefficient (Wildman–Crippen LogP) is 5.05. The quantitative estimate of drug-likeness (QED) is 0.490. The monoisotopic (exact) mass is 480 g/mol. The average molecular weight is 480 g/mol. The van der Waals surface area contributed by atoms with Crippen molar-refractivity contribution in [2.75, 3.05) is 11.1 Å². The second-order valence-electron chi connectivity index (χ2n) is 7.71. The standard InChI is InChI=1S/C24H16F4N6O/c25-23(26)10-16(18-4-2-1-3-15(18)13-30)11-24(27,28)21(23)35-20-9-19(31)33-22(34-20)32-17-7-5-14(12-29)6-8-17/h1-10,21H,11H2,(H3,31,32,33,34). The third kappa shape index (κ3) is 4.99. The minimum atomic E-state index is -4.10. The van der Waals surface area contributed by atoms with E-state index in [9.17, 15) is 22.8 Å². The lowest BCUT2D eigenvalue weighted by molar-refractivity contribution is -0.184. The molecule has 3 N–H and O–H groups in total.